The molecule has 7 nitrogen and oxygen atoms in total. The van der Waals surface area contributed by atoms with Crippen LogP contribution in [0.5, 0.6) is 0 Å². The number of carbonyl (C=O) groups is 2. The van der Waals surface area contributed by atoms with Gasteiger partial charge >= 0.3 is 0 Å². The molecule has 2 aliphatic rings. The van der Waals surface area contributed by atoms with Crippen molar-refractivity contribution in [2.45, 2.75) is 38.3 Å². The van der Waals surface area contributed by atoms with Crippen molar-refractivity contribution < 1.29 is 14.0 Å². The van der Waals surface area contributed by atoms with Gasteiger partial charge in [-0.25, -0.2) is 14.2 Å². The molecule has 10 heteroatoms. The molecule has 35 heavy (non-hydrogen) atoms. The van der Waals surface area contributed by atoms with Gasteiger partial charge in [0.15, 0.2) is 15.8 Å². The summed E-state index contributed by atoms with van der Waals surface area (Å²) in [6.45, 7) is 9.10. The maximum Gasteiger partial charge on any atom is 0.280 e. The van der Waals surface area contributed by atoms with E-state index in [1.807, 2.05) is 6.92 Å². The van der Waals surface area contributed by atoms with Crippen molar-refractivity contribution in [1.82, 2.24) is 10.3 Å². The Balaban J connectivity index is 1.42. The predicted molar refractivity (Wildman–Crippen MR) is 136 cm³/mol. The Kier molecular flexibility index (Phi) is 5.83. The smallest absolute Gasteiger partial charge is 0.280 e. The third-order valence-corrected chi connectivity index (χ3v) is 7.65. The van der Waals surface area contributed by atoms with Crippen molar-refractivity contribution in [2.24, 2.45) is 0 Å². The van der Waals surface area contributed by atoms with Crippen molar-refractivity contribution in [1.29, 1.82) is 0 Å². The molecule has 176 valence electrons. The maximum absolute atomic E-state index is 15.1. The van der Waals surface area contributed by atoms with Gasteiger partial charge in [-0.05, 0) is 68.2 Å². The van der Waals surface area contributed by atoms with E-state index in [0.717, 1.165) is 12.0 Å². The van der Waals surface area contributed by atoms with Crippen molar-refractivity contribution in [3.63, 3.8) is 0 Å². The lowest BCUT2D eigenvalue weighted by Gasteiger charge is -2.43. The highest BCUT2D eigenvalue weighted by atomic mass is 32.1. The number of hydrogen-bond donors (Lipinski definition) is 1. The largest absolute Gasteiger partial charge is 0.346 e. The Hall–Kier alpha value is -3.68. The van der Waals surface area contributed by atoms with Crippen LogP contribution in [0.15, 0.2) is 48.0 Å². The van der Waals surface area contributed by atoms with Gasteiger partial charge in [0.1, 0.15) is 11.4 Å². The van der Waals surface area contributed by atoms with Crippen LogP contribution in [0.2, 0.25) is 0 Å². The fourth-order valence-electron chi connectivity index (χ4n) is 4.52. The summed E-state index contributed by atoms with van der Waals surface area (Å²) in [5, 5.41) is 4.97. The highest BCUT2D eigenvalue weighted by Crippen LogP contribution is 2.48. The Bertz CT molecular complexity index is 1400. The number of nitrogens with zero attached hydrogens (tertiary/aromatic N) is 4. The van der Waals surface area contributed by atoms with E-state index in [1.54, 1.807) is 40.6 Å². The van der Waals surface area contributed by atoms with Crippen LogP contribution in [-0.4, -0.2) is 27.4 Å². The van der Waals surface area contributed by atoms with E-state index in [1.165, 1.54) is 28.5 Å². The van der Waals surface area contributed by atoms with Gasteiger partial charge in [-0.2, -0.15) is 0 Å². The molecule has 0 bridgehead atoms. The number of anilines is 2. The standard InChI is InChI=1S/C25H20FN5O2S2/c1-15-12-17(6-7-20(15)27-2)30-23(33)25(8-3-9-25)31(24(30)34)18-5-4-16(19(26)13-18)14-29-21(32)22-28-10-11-35-22/h4-7,10-13H,3,8-9,14H2,1H3,(H,29,32). The number of aryl methyl sites for hydroxylation is 1. The van der Waals surface area contributed by atoms with E-state index >= 15 is 4.39 Å². The zero-order valence-electron chi connectivity index (χ0n) is 18.7. The van der Waals surface area contributed by atoms with Crippen LogP contribution in [0, 0.1) is 19.3 Å². The Morgan fingerprint density at radius 1 is 1.29 bits per heavy atom. The molecule has 1 saturated carbocycles. The number of nitrogens with one attached hydrogen (secondary N) is 1. The molecule has 0 radical (unpaired) electrons. The molecule has 1 N–H and O–H groups in total. The monoisotopic (exact) mass is 505 g/mol. The molecule has 5 rings (SSSR count). The van der Waals surface area contributed by atoms with Crippen LogP contribution < -0.4 is 15.1 Å². The van der Waals surface area contributed by atoms with E-state index in [4.69, 9.17) is 18.8 Å². The lowest BCUT2D eigenvalue weighted by Crippen LogP contribution is -2.55. The summed E-state index contributed by atoms with van der Waals surface area (Å²) in [7, 11) is 0. The third kappa shape index (κ3) is 3.77. The molecule has 0 unspecified atom stereocenters. The quantitative estimate of drug-likeness (QED) is 0.385. The Morgan fingerprint density at radius 3 is 2.66 bits per heavy atom. The molecule has 1 aromatic heterocycles. The predicted octanol–water partition coefficient (Wildman–Crippen LogP) is 5.13. The summed E-state index contributed by atoms with van der Waals surface area (Å²) in [5.41, 5.74) is 1.84. The van der Waals surface area contributed by atoms with Gasteiger partial charge in [0.25, 0.3) is 11.8 Å². The minimum Gasteiger partial charge on any atom is -0.346 e. The van der Waals surface area contributed by atoms with Gasteiger partial charge in [0.2, 0.25) is 0 Å². The number of hydrogen-bond acceptors (Lipinski definition) is 5. The summed E-state index contributed by atoms with van der Waals surface area (Å²) in [6.07, 6.45) is 3.65. The number of thiazole rings is 1. The van der Waals surface area contributed by atoms with Crippen molar-refractivity contribution in [2.75, 3.05) is 9.80 Å². The minimum absolute atomic E-state index is 0.0118. The van der Waals surface area contributed by atoms with Crippen LogP contribution >= 0.6 is 23.6 Å². The molecule has 3 aromatic rings. The number of amides is 2. The highest BCUT2D eigenvalue weighted by molar-refractivity contribution is 7.81. The molecule has 1 aliphatic carbocycles. The second kappa shape index (κ2) is 8.83. The van der Waals surface area contributed by atoms with E-state index in [2.05, 4.69) is 15.1 Å². The van der Waals surface area contributed by atoms with Crippen LogP contribution in [0.1, 0.15) is 40.2 Å². The van der Waals surface area contributed by atoms with Gasteiger partial charge in [-0.3, -0.25) is 14.5 Å². The number of aromatic nitrogens is 1. The Morgan fingerprint density at radius 2 is 2.06 bits per heavy atom. The average molecular weight is 506 g/mol. The third-order valence-electron chi connectivity index (χ3n) is 6.51. The highest BCUT2D eigenvalue weighted by Gasteiger charge is 2.59. The normalized spacial score (nSPS) is 16.4. The summed E-state index contributed by atoms with van der Waals surface area (Å²) in [4.78, 5) is 36.4. The molecule has 1 saturated heterocycles. The molecular weight excluding hydrogens is 485 g/mol. The molecular formula is C25H20FN5O2S2. The molecule has 2 aromatic carbocycles. The molecule has 2 amide bonds. The SMILES string of the molecule is [C-]#[N+]c1ccc(N2C(=O)C3(CCC3)N(c3ccc(CNC(=O)c4nccs4)c(F)c3)C2=S)cc1C. The molecule has 2 fully saturated rings. The van der Waals surface area contributed by atoms with E-state index < -0.39 is 11.4 Å². The minimum atomic E-state index is -0.837. The van der Waals surface area contributed by atoms with Gasteiger partial charge in [0, 0.05) is 35.1 Å². The molecule has 1 spiro atoms. The summed E-state index contributed by atoms with van der Waals surface area (Å²) < 4.78 is 15.1. The first-order chi connectivity index (χ1) is 16.9. The van der Waals surface area contributed by atoms with Crippen LogP contribution in [0.25, 0.3) is 4.85 Å². The van der Waals surface area contributed by atoms with Gasteiger partial charge in [-0.1, -0.05) is 12.1 Å². The molecule has 0 atom stereocenters. The second-order valence-electron chi connectivity index (χ2n) is 8.52. The molecule has 1 aliphatic heterocycles. The fourth-order valence-corrected chi connectivity index (χ4v) is 5.54. The van der Waals surface area contributed by atoms with Gasteiger partial charge in [0.05, 0.1) is 6.57 Å². The second-order valence-corrected chi connectivity index (χ2v) is 9.78. The van der Waals surface area contributed by atoms with Crippen molar-refractivity contribution in [3.05, 3.63) is 81.3 Å². The van der Waals surface area contributed by atoms with Crippen molar-refractivity contribution >= 4 is 57.5 Å². The van der Waals surface area contributed by atoms with Gasteiger partial charge < -0.3 is 10.2 Å². The van der Waals surface area contributed by atoms with E-state index in [9.17, 15) is 9.59 Å². The molecule has 2 heterocycles. The maximum atomic E-state index is 15.1. The summed E-state index contributed by atoms with van der Waals surface area (Å²) in [5.74, 6) is -0.996. The summed E-state index contributed by atoms with van der Waals surface area (Å²) in [6, 6.07) is 9.87. The number of thiocarbonyl (C=S) groups is 1. The van der Waals surface area contributed by atoms with Crippen LogP contribution in [0.4, 0.5) is 21.5 Å². The zero-order valence-corrected chi connectivity index (χ0v) is 20.4. The zero-order chi connectivity index (χ0) is 24.7. The van der Waals surface area contributed by atoms with Crippen molar-refractivity contribution in [3.8, 4) is 0 Å². The first-order valence-electron chi connectivity index (χ1n) is 11.0. The van der Waals surface area contributed by atoms with E-state index in [-0.39, 0.29) is 23.5 Å². The first kappa shape index (κ1) is 23.1. The number of benzene rings is 2. The van der Waals surface area contributed by atoms with E-state index in [0.29, 0.717) is 40.5 Å². The average Bonchev–Trinajstić information content (AvgIpc) is 3.42. The number of rotatable bonds is 5. The Labute approximate surface area is 211 Å². The van der Waals surface area contributed by atoms with Gasteiger partial charge in [-0.15, -0.1) is 11.3 Å². The number of halogens is 1. The first-order valence-corrected chi connectivity index (χ1v) is 12.3. The lowest BCUT2D eigenvalue weighted by atomic mass is 9.75. The fraction of sp³-hybridized carbons (Fsp3) is 0.240. The summed E-state index contributed by atoms with van der Waals surface area (Å²) >= 11 is 6.96. The van der Waals surface area contributed by atoms with Crippen LogP contribution in [0.3, 0.4) is 0 Å². The van der Waals surface area contributed by atoms with Crippen LogP contribution in [-0.2, 0) is 11.3 Å². The topological polar surface area (TPSA) is 69.9 Å². The number of carbonyl (C=O) groups excluding carboxylic acids is 2. The lowest BCUT2D eigenvalue weighted by molar-refractivity contribution is -0.123.